The van der Waals surface area contributed by atoms with Crippen LogP contribution < -0.4 is 0 Å². The number of benzene rings is 2. The molecule has 0 bridgehead atoms. The quantitative estimate of drug-likeness (QED) is 0.563. The van der Waals surface area contributed by atoms with E-state index in [2.05, 4.69) is 27.6 Å². The second-order valence-corrected chi connectivity index (χ2v) is 5.62. The van der Waals surface area contributed by atoms with E-state index in [1.54, 1.807) is 30.5 Å². The Hall–Kier alpha value is -0.780. The van der Waals surface area contributed by atoms with E-state index < -0.39 is 0 Å². The van der Waals surface area contributed by atoms with Crippen LogP contribution in [0.2, 0.25) is 10.0 Å². The number of phenolic OH excluding ortho intramolecular Hbond substituents is 1. The molecule has 0 saturated carbocycles. The van der Waals surface area contributed by atoms with Crippen molar-refractivity contribution in [2.75, 3.05) is 0 Å². The lowest BCUT2D eigenvalue weighted by atomic mass is 10.2. The molecule has 0 aliphatic rings. The van der Waals surface area contributed by atoms with Crippen LogP contribution >= 0.6 is 45.8 Å². The van der Waals surface area contributed by atoms with Crippen molar-refractivity contribution >= 4 is 57.7 Å². The summed E-state index contributed by atoms with van der Waals surface area (Å²) in [4.78, 5) is 4.25. The molecule has 0 spiro atoms. The summed E-state index contributed by atoms with van der Waals surface area (Å²) >= 11 is 13.9. The van der Waals surface area contributed by atoms with Gasteiger partial charge in [-0.2, -0.15) is 0 Å². The van der Waals surface area contributed by atoms with Gasteiger partial charge in [-0.1, -0.05) is 23.2 Å². The van der Waals surface area contributed by atoms with Gasteiger partial charge in [-0.25, -0.2) is 0 Å². The van der Waals surface area contributed by atoms with E-state index in [1.165, 1.54) is 0 Å². The minimum absolute atomic E-state index is 0.194. The molecule has 18 heavy (non-hydrogen) atoms. The first-order valence-corrected chi connectivity index (χ1v) is 6.87. The molecule has 0 atom stereocenters. The fourth-order valence-corrected chi connectivity index (χ4v) is 2.15. The molecule has 0 fully saturated rings. The van der Waals surface area contributed by atoms with Gasteiger partial charge < -0.3 is 5.11 Å². The van der Waals surface area contributed by atoms with E-state index in [-0.39, 0.29) is 5.75 Å². The summed E-state index contributed by atoms with van der Waals surface area (Å²) in [5.41, 5.74) is 1.34. The van der Waals surface area contributed by atoms with Crippen LogP contribution in [0.25, 0.3) is 0 Å². The maximum atomic E-state index is 9.67. The Morgan fingerprint density at radius 3 is 2.56 bits per heavy atom. The van der Waals surface area contributed by atoms with Crippen LogP contribution in [0.5, 0.6) is 5.75 Å². The summed E-state index contributed by atoms with van der Waals surface area (Å²) in [7, 11) is 0. The van der Waals surface area contributed by atoms with Crippen molar-refractivity contribution in [1.82, 2.24) is 0 Å². The third-order valence-corrected chi connectivity index (χ3v) is 3.66. The van der Waals surface area contributed by atoms with Gasteiger partial charge in [0, 0.05) is 15.3 Å². The molecule has 0 radical (unpaired) electrons. The zero-order chi connectivity index (χ0) is 13.1. The Morgan fingerprint density at radius 2 is 1.83 bits per heavy atom. The lowest BCUT2D eigenvalue weighted by molar-refractivity contribution is 0.474. The van der Waals surface area contributed by atoms with E-state index in [1.807, 2.05) is 12.1 Å². The highest BCUT2D eigenvalue weighted by molar-refractivity contribution is 14.1. The van der Waals surface area contributed by atoms with Crippen molar-refractivity contribution in [3.63, 3.8) is 0 Å². The molecule has 0 saturated heterocycles. The van der Waals surface area contributed by atoms with Gasteiger partial charge in [0.2, 0.25) is 0 Å². The average Bonchev–Trinajstić information content (AvgIpc) is 2.34. The number of hydrogen-bond donors (Lipinski definition) is 1. The van der Waals surface area contributed by atoms with Crippen LogP contribution in [-0.2, 0) is 0 Å². The Morgan fingerprint density at radius 1 is 1.06 bits per heavy atom. The van der Waals surface area contributed by atoms with Crippen LogP contribution in [0.4, 0.5) is 5.69 Å². The van der Waals surface area contributed by atoms with Crippen molar-refractivity contribution in [3.05, 3.63) is 55.6 Å². The molecule has 2 aromatic carbocycles. The lowest BCUT2D eigenvalue weighted by Crippen LogP contribution is -1.83. The third kappa shape index (κ3) is 3.37. The Balaban J connectivity index is 2.29. The lowest BCUT2D eigenvalue weighted by Gasteiger charge is -2.00. The average molecular weight is 392 g/mol. The topological polar surface area (TPSA) is 32.6 Å². The summed E-state index contributed by atoms with van der Waals surface area (Å²) < 4.78 is 1.03. The monoisotopic (exact) mass is 391 g/mol. The smallest absolute Gasteiger partial charge is 0.124 e. The number of aromatic hydroxyl groups is 1. The number of nitrogens with zero attached hydrogens (tertiary/aromatic N) is 1. The van der Waals surface area contributed by atoms with Gasteiger partial charge >= 0.3 is 0 Å². The van der Waals surface area contributed by atoms with Gasteiger partial charge in [-0.05, 0) is 59.0 Å². The second kappa shape index (κ2) is 5.91. The highest BCUT2D eigenvalue weighted by atomic mass is 127. The van der Waals surface area contributed by atoms with E-state index >= 15 is 0 Å². The van der Waals surface area contributed by atoms with Crippen molar-refractivity contribution < 1.29 is 5.11 Å². The SMILES string of the molecule is Oc1ccc(I)cc1C=Nc1ccc(Cl)c(Cl)c1. The first-order chi connectivity index (χ1) is 8.56. The molecular weight excluding hydrogens is 384 g/mol. The third-order valence-electron chi connectivity index (χ3n) is 2.25. The van der Waals surface area contributed by atoms with Gasteiger partial charge in [-0.15, -0.1) is 0 Å². The number of rotatable bonds is 2. The molecule has 1 N–H and O–H groups in total. The zero-order valence-electron chi connectivity index (χ0n) is 9.07. The maximum absolute atomic E-state index is 9.67. The second-order valence-electron chi connectivity index (χ2n) is 3.56. The van der Waals surface area contributed by atoms with Crippen LogP contribution in [0, 0.1) is 3.57 Å². The molecule has 0 aromatic heterocycles. The van der Waals surface area contributed by atoms with E-state index in [4.69, 9.17) is 23.2 Å². The summed E-state index contributed by atoms with van der Waals surface area (Å²) in [5, 5.41) is 10.6. The predicted octanol–water partition coefficient (Wildman–Crippen LogP) is 5.05. The fraction of sp³-hybridized carbons (Fsp3) is 0. The molecule has 0 unspecified atom stereocenters. The molecule has 2 rings (SSSR count). The minimum Gasteiger partial charge on any atom is -0.507 e. The van der Waals surface area contributed by atoms with E-state index in [9.17, 15) is 5.11 Å². The van der Waals surface area contributed by atoms with E-state index in [0.717, 1.165) is 3.57 Å². The van der Waals surface area contributed by atoms with Gasteiger partial charge in [0.05, 0.1) is 15.7 Å². The van der Waals surface area contributed by atoms with Crippen molar-refractivity contribution in [2.24, 2.45) is 4.99 Å². The van der Waals surface area contributed by atoms with Crippen LogP contribution in [0.1, 0.15) is 5.56 Å². The first kappa shape index (κ1) is 13.6. The van der Waals surface area contributed by atoms with E-state index in [0.29, 0.717) is 21.3 Å². The molecule has 0 aliphatic heterocycles. The first-order valence-electron chi connectivity index (χ1n) is 5.04. The Kier molecular flexibility index (Phi) is 4.48. The number of halogens is 3. The summed E-state index contributed by atoms with van der Waals surface area (Å²) in [5.74, 6) is 0.194. The minimum atomic E-state index is 0.194. The van der Waals surface area contributed by atoms with Crippen molar-refractivity contribution in [2.45, 2.75) is 0 Å². The molecule has 92 valence electrons. The summed E-state index contributed by atoms with van der Waals surface area (Å²) in [6, 6.07) is 10.4. The van der Waals surface area contributed by atoms with Gasteiger partial charge in [0.25, 0.3) is 0 Å². The van der Waals surface area contributed by atoms with Crippen molar-refractivity contribution in [3.8, 4) is 5.75 Å². The highest BCUT2D eigenvalue weighted by Gasteiger charge is 2.00. The maximum Gasteiger partial charge on any atom is 0.124 e. The van der Waals surface area contributed by atoms with Gasteiger partial charge in [-0.3, -0.25) is 4.99 Å². The fourth-order valence-electron chi connectivity index (χ4n) is 1.34. The van der Waals surface area contributed by atoms with Crippen LogP contribution in [0.3, 0.4) is 0 Å². The molecule has 5 heteroatoms. The van der Waals surface area contributed by atoms with Gasteiger partial charge in [0.1, 0.15) is 5.75 Å². The Bertz CT molecular complexity index is 614. The standard InChI is InChI=1S/C13H8Cl2INO/c14-11-3-2-10(6-12(11)15)17-7-8-5-9(16)1-4-13(8)18/h1-7,18H. The Labute approximate surface area is 128 Å². The molecule has 2 aromatic rings. The number of phenols is 1. The number of aliphatic imine (C=N–C) groups is 1. The zero-order valence-corrected chi connectivity index (χ0v) is 12.7. The van der Waals surface area contributed by atoms with Crippen LogP contribution in [0.15, 0.2) is 41.4 Å². The van der Waals surface area contributed by atoms with Gasteiger partial charge in [0.15, 0.2) is 0 Å². The normalized spacial score (nSPS) is 11.1. The molecule has 0 heterocycles. The number of hydrogen-bond acceptors (Lipinski definition) is 2. The van der Waals surface area contributed by atoms with Crippen LogP contribution in [-0.4, -0.2) is 11.3 Å². The largest absolute Gasteiger partial charge is 0.507 e. The molecular formula is C13H8Cl2INO. The highest BCUT2D eigenvalue weighted by Crippen LogP contribution is 2.27. The summed E-state index contributed by atoms with van der Waals surface area (Å²) in [6.07, 6.45) is 1.59. The molecule has 0 aliphatic carbocycles. The molecule has 2 nitrogen and oxygen atoms in total. The van der Waals surface area contributed by atoms with Crippen molar-refractivity contribution in [1.29, 1.82) is 0 Å². The predicted molar refractivity (Wildman–Crippen MR) is 84.5 cm³/mol. The molecule has 0 amide bonds. The summed E-state index contributed by atoms with van der Waals surface area (Å²) in [6.45, 7) is 0.